The Morgan fingerprint density at radius 1 is 0.295 bits per heavy atom. The molecule has 0 spiro atoms. The molecule has 0 bridgehead atoms. The van der Waals surface area contributed by atoms with Gasteiger partial charge in [0.1, 0.15) is 6.61 Å². The Morgan fingerprint density at radius 3 is 0.756 bits per heavy atom. The van der Waals surface area contributed by atoms with Crippen LogP contribution in [0.2, 0.25) is 0 Å². The first-order chi connectivity index (χ1) is 38.6. The van der Waals surface area contributed by atoms with Gasteiger partial charge in [-0.05, 0) is 77.0 Å². The van der Waals surface area contributed by atoms with E-state index in [0.29, 0.717) is 12.8 Å². The van der Waals surface area contributed by atoms with E-state index in [0.717, 1.165) is 51.4 Å². The van der Waals surface area contributed by atoms with Crippen LogP contribution >= 0.6 is 0 Å². The molecule has 1 atom stereocenters. The van der Waals surface area contributed by atoms with Crippen LogP contribution in [0.5, 0.6) is 0 Å². The molecule has 0 amide bonds. The summed E-state index contributed by atoms with van der Waals surface area (Å²) in [4.78, 5) is 24.6. The molecule has 0 rings (SSSR count). The summed E-state index contributed by atoms with van der Waals surface area (Å²) in [5.41, 5.74) is 0. The summed E-state index contributed by atoms with van der Waals surface area (Å²) in [6.07, 6.45) is 93.0. The molecule has 5 heteroatoms. The average molecular weight is 1090 g/mol. The predicted molar refractivity (Wildman–Crippen MR) is 344 cm³/mol. The molecule has 0 aromatic heterocycles. The van der Waals surface area contributed by atoms with E-state index in [-0.39, 0.29) is 25.2 Å². The highest BCUT2D eigenvalue weighted by atomic mass is 16.6. The number of aliphatic hydroxyl groups is 1. The van der Waals surface area contributed by atoms with E-state index < -0.39 is 6.10 Å². The van der Waals surface area contributed by atoms with E-state index in [1.54, 1.807) is 0 Å². The van der Waals surface area contributed by atoms with Gasteiger partial charge < -0.3 is 14.6 Å². The summed E-state index contributed by atoms with van der Waals surface area (Å²) in [7, 11) is 0. The lowest BCUT2D eigenvalue weighted by molar-refractivity contribution is -0.161. The lowest BCUT2D eigenvalue weighted by Crippen LogP contribution is -2.28. The molecule has 0 fully saturated rings. The lowest BCUT2D eigenvalue weighted by atomic mass is 10.0. The number of aliphatic hydroxyl groups excluding tert-OH is 1. The second-order valence-corrected chi connectivity index (χ2v) is 24.0. The number of rotatable bonds is 66. The number of hydrogen-bond acceptors (Lipinski definition) is 5. The average Bonchev–Trinajstić information content (AvgIpc) is 3.44. The second-order valence-electron chi connectivity index (χ2n) is 24.0. The Hall–Kier alpha value is -2.14. The number of allylic oxidation sites excluding steroid dienone is 8. The Bertz CT molecular complexity index is 1280. The van der Waals surface area contributed by atoms with E-state index in [2.05, 4.69) is 62.5 Å². The highest BCUT2D eigenvalue weighted by Gasteiger charge is 2.16. The number of carbonyl (C=O) groups excluding carboxylic acids is 2. The van der Waals surface area contributed by atoms with Gasteiger partial charge in [-0.2, -0.15) is 0 Å². The van der Waals surface area contributed by atoms with Gasteiger partial charge in [0.15, 0.2) is 6.10 Å². The van der Waals surface area contributed by atoms with Gasteiger partial charge in [0, 0.05) is 12.8 Å². The van der Waals surface area contributed by atoms with Gasteiger partial charge in [0.2, 0.25) is 0 Å². The van der Waals surface area contributed by atoms with Crippen molar-refractivity contribution in [3.63, 3.8) is 0 Å². The third kappa shape index (κ3) is 66.4. The largest absolute Gasteiger partial charge is 0.462 e. The van der Waals surface area contributed by atoms with Crippen LogP contribution in [0.15, 0.2) is 48.6 Å². The number of unbranched alkanes of at least 4 members (excludes halogenated alkanes) is 50. The van der Waals surface area contributed by atoms with Crippen LogP contribution in [-0.4, -0.2) is 36.4 Å². The molecule has 458 valence electrons. The van der Waals surface area contributed by atoms with E-state index in [9.17, 15) is 14.7 Å². The summed E-state index contributed by atoms with van der Waals surface area (Å²) >= 11 is 0. The van der Waals surface area contributed by atoms with Gasteiger partial charge in [-0.1, -0.05) is 345 Å². The van der Waals surface area contributed by atoms with Crippen LogP contribution in [0.25, 0.3) is 0 Å². The zero-order valence-electron chi connectivity index (χ0n) is 52.7. The molecule has 0 aliphatic carbocycles. The van der Waals surface area contributed by atoms with E-state index >= 15 is 0 Å². The topological polar surface area (TPSA) is 72.8 Å². The Morgan fingerprint density at radius 2 is 0.513 bits per heavy atom. The fourth-order valence-corrected chi connectivity index (χ4v) is 10.8. The van der Waals surface area contributed by atoms with Crippen LogP contribution in [0, 0.1) is 0 Å². The first kappa shape index (κ1) is 75.9. The van der Waals surface area contributed by atoms with Gasteiger partial charge in [0.25, 0.3) is 0 Å². The van der Waals surface area contributed by atoms with Crippen molar-refractivity contribution in [2.45, 2.75) is 392 Å². The SMILES string of the molecule is CCCCCCC/C=C\C/C=C\CCCCCCCCCCCCCCCCCCCCCCCCCCCCCC(=O)OC(CO)COC(=O)CCCCCCCCCCCCCCC/C=C\C/C=C\CCCCCCC. The molecule has 1 unspecified atom stereocenters. The summed E-state index contributed by atoms with van der Waals surface area (Å²) < 4.78 is 10.8. The van der Waals surface area contributed by atoms with Crippen molar-refractivity contribution in [1.82, 2.24) is 0 Å². The molecule has 0 aliphatic heterocycles. The van der Waals surface area contributed by atoms with Crippen LogP contribution in [-0.2, 0) is 19.1 Å². The van der Waals surface area contributed by atoms with Crippen LogP contribution in [0.1, 0.15) is 386 Å². The first-order valence-corrected chi connectivity index (χ1v) is 35.2. The van der Waals surface area contributed by atoms with Crippen molar-refractivity contribution in [2.24, 2.45) is 0 Å². The maximum absolute atomic E-state index is 12.4. The Labute approximate surface area is 488 Å². The van der Waals surface area contributed by atoms with Crippen LogP contribution in [0.3, 0.4) is 0 Å². The molecule has 0 radical (unpaired) electrons. The third-order valence-corrected chi connectivity index (χ3v) is 16.1. The highest BCUT2D eigenvalue weighted by molar-refractivity contribution is 5.70. The van der Waals surface area contributed by atoms with E-state index in [1.807, 2.05) is 0 Å². The zero-order chi connectivity index (χ0) is 56.2. The van der Waals surface area contributed by atoms with E-state index in [1.165, 1.54) is 308 Å². The normalized spacial score (nSPS) is 12.4. The van der Waals surface area contributed by atoms with Gasteiger partial charge in [-0.3, -0.25) is 9.59 Å². The van der Waals surface area contributed by atoms with Crippen molar-refractivity contribution in [3.05, 3.63) is 48.6 Å². The molecule has 1 N–H and O–H groups in total. The monoisotopic (exact) mass is 1090 g/mol. The number of hydrogen-bond donors (Lipinski definition) is 1. The second kappa shape index (κ2) is 69.1. The third-order valence-electron chi connectivity index (χ3n) is 16.1. The zero-order valence-corrected chi connectivity index (χ0v) is 52.7. The number of carbonyl (C=O) groups is 2. The number of esters is 2. The van der Waals surface area contributed by atoms with Crippen molar-refractivity contribution in [1.29, 1.82) is 0 Å². The molecule has 0 saturated carbocycles. The standard InChI is InChI=1S/C73H136O5/c1-3-5-7-9-11-13-15-17-19-21-23-25-27-29-30-31-32-33-34-35-36-37-38-39-40-41-42-44-46-48-50-52-54-56-58-60-62-64-66-68-73(76)78-71(69-74)70-77-72(75)67-65-63-61-59-57-55-53-51-49-47-45-43-28-26-24-22-20-18-16-14-12-10-8-6-4-2/h15-18,21-24,71,74H,3-14,19-20,25-70H2,1-2H3/b17-15-,18-16-,23-21-,24-22-. The van der Waals surface area contributed by atoms with Crippen molar-refractivity contribution in [3.8, 4) is 0 Å². The predicted octanol–water partition coefficient (Wildman–Crippen LogP) is 24.3. The molecule has 0 aliphatic rings. The quantitative estimate of drug-likeness (QED) is 0.0373. The fraction of sp³-hybridized carbons (Fsp3) is 0.863. The van der Waals surface area contributed by atoms with Crippen LogP contribution in [0.4, 0.5) is 0 Å². The van der Waals surface area contributed by atoms with Gasteiger partial charge >= 0.3 is 11.9 Å². The molecule has 0 heterocycles. The summed E-state index contributed by atoms with van der Waals surface area (Å²) in [5.74, 6) is -0.570. The van der Waals surface area contributed by atoms with Crippen molar-refractivity contribution in [2.75, 3.05) is 13.2 Å². The summed E-state index contributed by atoms with van der Waals surface area (Å²) in [6, 6.07) is 0. The van der Waals surface area contributed by atoms with Crippen molar-refractivity contribution >= 4 is 11.9 Å². The van der Waals surface area contributed by atoms with Gasteiger partial charge in [0.05, 0.1) is 6.61 Å². The van der Waals surface area contributed by atoms with Crippen molar-refractivity contribution < 1.29 is 24.2 Å². The molecule has 5 nitrogen and oxygen atoms in total. The molecule has 0 aromatic rings. The van der Waals surface area contributed by atoms with Gasteiger partial charge in [-0.25, -0.2) is 0 Å². The highest BCUT2D eigenvalue weighted by Crippen LogP contribution is 2.19. The first-order valence-electron chi connectivity index (χ1n) is 35.2. The maximum Gasteiger partial charge on any atom is 0.306 e. The number of ether oxygens (including phenoxy) is 2. The van der Waals surface area contributed by atoms with E-state index in [4.69, 9.17) is 9.47 Å². The Balaban J connectivity index is 3.38. The summed E-state index contributed by atoms with van der Waals surface area (Å²) in [6.45, 7) is 4.17. The molecule has 0 saturated heterocycles. The minimum atomic E-state index is -0.771. The lowest BCUT2D eigenvalue weighted by Gasteiger charge is -2.15. The Kier molecular flexibility index (Phi) is 67.2. The minimum absolute atomic E-state index is 0.0615. The maximum atomic E-state index is 12.4. The minimum Gasteiger partial charge on any atom is -0.462 e. The molecular formula is C73H136O5. The van der Waals surface area contributed by atoms with Crippen LogP contribution < -0.4 is 0 Å². The smallest absolute Gasteiger partial charge is 0.306 e. The van der Waals surface area contributed by atoms with Gasteiger partial charge in [-0.15, -0.1) is 0 Å². The molecular weight excluding hydrogens is 957 g/mol. The molecule has 78 heavy (non-hydrogen) atoms. The fourth-order valence-electron chi connectivity index (χ4n) is 10.8. The molecule has 0 aromatic carbocycles. The summed E-state index contributed by atoms with van der Waals surface area (Å²) in [5, 5.41) is 9.70.